The van der Waals surface area contributed by atoms with Crippen molar-refractivity contribution < 1.29 is 13.9 Å². The molecule has 1 aliphatic heterocycles. The second-order valence-corrected chi connectivity index (χ2v) is 8.29. The number of nitrogens with zero attached hydrogens (tertiary/aromatic N) is 1. The van der Waals surface area contributed by atoms with E-state index in [4.69, 9.17) is 4.74 Å². The van der Waals surface area contributed by atoms with Crippen LogP contribution in [0.3, 0.4) is 0 Å². The zero-order valence-electron chi connectivity index (χ0n) is 16.4. The smallest absolute Gasteiger partial charge is 0.230 e. The lowest BCUT2D eigenvalue weighted by atomic mass is 10.1. The van der Waals surface area contributed by atoms with Gasteiger partial charge in [-0.2, -0.15) is 0 Å². The van der Waals surface area contributed by atoms with Crippen molar-refractivity contribution in [2.45, 2.75) is 44.0 Å². The predicted octanol–water partition coefficient (Wildman–Crippen LogP) is 3.84. The summed E-state index contributed by atoms with van der Waals surface area (Å²) in [5.41, 5.74) is 2.37. The van der Waals surface area contributed by atoms with E-state index in [0.29, 0.717) is 12.3 Å². The summed E-state index contributed by atoms with van der Waals surface area (Å²) in [6.07, 6.45) is 0.471. The lowest BCUT2D eigenvalue weighted by Gasteiger charge is -2.35. The molecule has 2 aromatic carbocycles. The van der Waals surface area contributed by atoms with E-state index in [0.717, 1.165) is 30.1 Å². The zero-order valence-corrected chi connectivity index (χ0v) is 17.2. The molecule has 1 amide bonds. The van der Waals surface area contributed by atoms with E-state index in [-0.39, 0.29) is 23.9 Å². The molecule has 0 aromatic heterocycles. The summed E-state index contributed by atoms with van der Waals surface area (Å²) < 4.78 is 18.8. The normalized spacial score (nSPS) is 20.1. The fourth-order valence-corrected chi connectivity index (χ4v) is 4.19. The summed E-state index contributed by atoms with van der Waals surface area (Å²) >= 11 is 1.40. The van der Waals surface area contributed by atoms with Gasteiger partial charge in [0.2, 0.25) is 5.91 Å². The third-order valence-electron chi connectivity index (χ3n) is 4.67. The fourth-order valence-electron chi connectivity index (χ4n) is 3.46. The number of morpholine rings is 1. The highest BCUT2D eigenvalue weighted by Gasteiger charge is 2.22. The predicted molar refractivity (Wildman–Crippen MR) is 111 cm³/mol. The quantitative estimate of drug-likeness (QED) is 0.715. The number of carbonyl (C=O) groups excluding carboxylic acids is 1. The fraction of sp³-hybridized carbons (Fsp3) is 0.409. The maximum absolute atomic E-state index is 12.9. The highest BCUT2D eigenvalue weighted by atomic mass is 32.2. The van der Waals surface area contributed by atoms with Crippen LogP contribution in [0.2, 0.25) is 0 Å². The third-order valence-corrected chi connectivity index (χ3v) is 5.68. The molecule has 0 spiro atoms. The summed E-state index contributed by atoms with van der Waals surface area (Å²) in [5, 5.41) is 3.00. The van der Waals surface area contributed by atoms with Crippen molar-refractivity contribution in [3.8, 4) is 0 Å². The Morgan fingerprint density at radius 3 is 2.43 bits per heavy atom. The average molecular weight is 403 g/mol. The van der Waals surface area contributed by atoms with Gasteiger partial charge in [0.25, 0.3) is 0 Å². The first-order valence-electron chi connectivity index (χ1n) is 9.59. The number of benzene rings is 2. The Morgan fingerprint density at radius 1 is 1.11 bits per heavy atom. The Morgan fingerprint density at radius 2 is 1.75 bits per heavy atom. The molecule has 1 aliphatic rings. The highest BCUT2D eigenvalue weighted by molar-refractivity contribution is 8.00. The number of carbonyl (C=O) groups is 1. The van der Waals surface area contributed by atoms with E-state index >= 15 is 0 Å². The second kappa shape index (κ2) is 10.0. The summed E-state index contributed by atoms with van der Waals surface area (Å²) in [4.78, 5) is 15.5. The Labute approximate surface area is 170 Å². The minimum Gasteiger partial charge on any atom is -0.373 e. The van der Waals surface area contributed by atoms with Gasteiger partial charge < -0.3 is 10.1 Å². The van der Waals surface area contributed by atoms with Crippen LogP contribution in [0.15, 0.2) is 53.4 Å². The molecule has 3 rings (SSSR count). The molecule has 0 bridgehead atoms. The number of nitrogens with one attached hydrogen (secondary N) is 1. The van der Waals surface area contributed by atoms with Crippen molar-refractivity contribution in [3.63, 3.8) is 0 Å². The van der Waals surface area contributed by atoms with E-state index in [1.165, 1.54) is 29.5 Å². The van der Waals surface area contributed by atoms with Crippen LogP contribution in [0.25, 0.3) is 0 Å². The molecule has 28 heavy (non-hydrogen) atoms. The first kappa shape index (κ1) is 20.8. The van der Waals surface area contributed by atoms with Gasteiger partial charge in [0.05, 0.1) is 18.0 Å². The highest BCUT2D eigenvalue weighted by Crippen LogP contribution is 2.19. The van der Waals surface area contributed by atoms with Gasteiger partial charge in [0.15, 0.2) is 0 Å². The molecule has 1 fully saturated rings. The molecule has 150 valence electrons. The van der Waals surface area contributed by atoms with Gasteiger partial charge in [-0.05, 0) is 49.2 Å². The lowest BCUT2D eigenvalue weighted by Crippen LogP contribution is -2.45. The van der Waals surface area contributed by atoms with Crippen molar-refractivity contribution in [2.24, 2.45) is 0 Å². The van der Waals surface area contributed by atoms with Gasteiger partial charge in [-0.1, -0.05) is 24.3 Å². The minimum atomic E-state index is -0.269. The van der Waals surface area contributed by atoms with E-state index < -0.39 is 0 Å². The van der Waals surface area contributed by atoms with E-state index in [1.807, 2.05) is 12.1 Å². The lowest BCUT2D eigenvalue weighted by molar-refractivity contribution is -0.118. The van der Waals surface area contributed by atoms with Crippen LogP contribution in [0.4, 0.5) is 4.39 Å². The summed E-state index contributed by atoms with van der Waals surface area (Å²) in [6.45, 7) is 7.41. The van der Waals surface area contributed by atoms with Crippen LogP contribution < -0.4 is 5.32 Å². The zero-order chi connectivity index (χ0) is 19.9. The van der Waals surface area contributed by atoms with Crippen molar-refractivity contribution in [1.29, 1.82) is 0 Å². The molecule has 2 atom stereocenters. The molecule has 0 aliphatic carbocycles. The number of halogens is 1. The standard InChI is InChI=1S/C22H27FN2O2S/c1-16-12-25(13-17(2)27-16)14-19-6-4-3-5-18(19)11-24-22(26)15-28-21-9-7-20(23)8-10-21/h3-10,16-17H,11-15H2,1-2H3,(H,24,26). The summed E-state index contributed by atoms with van der Waals surface area (Å²) in [6, 6.07) is 14.4. The van der Waals surface area contributed by atoms with Gasteiger partial charge in [-0.25, -0.2) is 4.39 Å². The number of rotatable bonds is 7. The van der Waals surface area contributed by atoms with E-state index in [2.05, 4.69) is 36.2 Å². The summed E-state index contributed by atoms with van der Waals surface area (Å²) in [5.74, 6) is 0.0129. The second-order valence-electron chi connectivity index (χ2n) is 7.24. The Kier molecular flexibility index (Phi) is 7.48. The monoisotopic (exact) mass is 402 g/mol. The molecule has 1 saturated heterocycles. The Balaban J connectivity index is 1.51. The topological polar surface area (TPSA) is 41.6 Å². The SMILES string of the molecule is CC1CN(Cc2ccccc2CNC(=O)CSc2ccc(F)cc2)CC(C)O1. The van der Waals surface area contributed by atoms with Crippen molar-refractivity contribution >= 4 is 17.7 Å². The molecule has 4 nitrogen and oxygen atoms in total. The molecular formula is C22H27FN2O2S. The number of hydrogen-bond donors (Lipinski definition) is 1. The van der Waals surface area contributed by atoms with Crippen LogP contribution >= 0.6 is 11.8 Å². The first-order valence-corrected chi connectivity index (χ1v) is 10.6. The van der Waals surface area contributed by atoms with Gasteiger partial charge in [0, 0.05) is 31.1 Å². The van der Waals surface area contributed by atoms with Crippen molar-refractivity contribution in [3.05, 3.63) is 65.5 Å². The van der Waals surface area contributed by atoms with Crippen LogP contribution in [0.5, 0.6) is 0 Å². The van der Waals surface area contributed by atoms with Gasteiger partial charge in [-0.3, -0.25) is 9.69 Å². The van der Waals surface area contributed by atoms with Crippen molar-refractivity contribution in [2.75, 3.05) is 18.8 Å². The molecule has 6 heteroatoms. The molecule has 2 unspecified atom stereocenters. The number of amides is 1. The molecule has 0 radical (unpaired) electrons. The molecule has 1 N–H and O–H groups in total. The van der Waals surface area contributed by atoms with E-state index in [1.54, 1.807) is 12.1 Å². The maximum atomic E-state index is 12.9. The van der Waals surface area contributed by atoms with Crippen LogP contribution in [0.1, 0.15) is 25.0 Å². The van der Waals surface area contributed by atoms with Gasteiger partial charge in [-0.15, -0.1) is 11.8 Å². The maximum Gasteiger partial charge on any atom is 0.230 e. The van der Waals surface area contributed by atoms with Crippen LogP contribution in [-0.4, -0.2) is 41.9 Å². The molecule has 1 heterocycles. The number of hydrogen-bond acceptors (Lipinski definition) is 4. The Hall–Kier alpha value is -1.89. The largest absolute Gasteiger partial charge is 0.373 e. The number of ether oxygens (including phenoxy) is 1. The average Bonchev–Trinajstić information content (AvgIpc) is 2.66. The minimum absolute atomic E-state index is 0.0299. The van der Waals surface area contributed by atoms with E-state index in [9.17, 15) is 9.18 Å². The van der Waals surface area contributed by atoms with Crippen molar-refractivity contribution in [1.82, 2.24) is 10.2 Å². The van der Waals surface area contributed by atoms with Gasteiger partial charge in [0.1, 0.15) is 5.82 Å². The van der Waals surface area contributed by atoms with Crippen LogP contribution in [0, 0.1) is 5.82 Å². The first-order chi connectivity index (χ1) is 13.5. The summed E-state index contributed by atoms with van der Waals surface area (Å²) in [7, 11) is 0. The molecule has 2 aromatic rings. The molecular weight excluding hydrogens is 375 g/mol. The third kappa shape index (κ3) is 6.33. The number of thioether (sulfide) groups is 1. The molecule has 0 saturated carbocycles. The van der Waals surface area contributed by atoms with Crippen LogP contribution in [-0.2, 0) is 22.6 Å². The van der Waals surface area contributed by atoms with Gasteiger partial charge >= 0.3 is 0 Å². The Bertz CT molecular complexity index is 774.